The molecule has 0 N–H and O–H groups in total. The van der Waals surface area contributed by atoms with Crippen LogP contribution < -0.4 is 0 Å². The predicted octanol–water partition coefficient (Wildman–Crippen LogP) is 0.383. The molecule has 1 unspecified atom stereocenters. The smallest absolute Gasteiger partial charge is 0.410 e. The number of carbonyl (C=O) groups is 3. The second kappa shape index (κ2) is 6.58. The highest BCUT2D eigenvalue weighted by Gasteiger charge is 2.36. The quantitative estimate of drug-likeness (QED) is 0.700. The SMILES string of the molecule is COC(=O)N1CCCC1C(=O)OCC(=O)N1CCCC1. The van der Waals surface area contributed by atoms with Gasteiger partial charge in [0.15, 0.2) is 6.61 Å². The van der Waals surface area contributed by atoms with Crippen molar-refractivity contribution in [3.8, 4) is 0 Å². The van der Waals surface area contributed by atoms with Gasteiger partial charge in [0.05, 0.1) is 7.11 Å². The van der Waals surface area contributed by atoms with Gasteiger partial charge in [-0.25, -0.2) is 9.59 Å². The summed E-state index contributed by atoms with van der Waals surface area (Å²) in [6, 6.07) is -0.631. The monoisotopic (exact) mass is 284 g/mol. The van der Waals surface area contributed by atoms with Crippen molar-refractivity contribution in [2.24, 2.45) is 0 Å². The fourth-order valence-electron chi connectivity index (χ4n) is 2.63. The highest BCUT2D eigenvalue weighted by atomic mass is 16.6. The van der Waals surface area contributed by atoms with E-state index >= 15 is 0 Å². The molecular weight excluding hydrogens is 264 g/mol. The summed E-state index contributed by atoms with van der Waals surface area (Å²) in [4.78, 5) is 38.3. The van der Waals surface area contributed by atoms with E-state index in [0.717, 1.165) is 32.4 Å². The van der Waals surface area contributed by atoms with Gasteiger partial charge in [0.25, 0.3) is 5.91 Å². The molecule has 2 amide bonds. The van der Waals surface area contributed by atoms with Crippen molar-refractivity contribution in [3.05, 3.63) is 0 Å². The van der Waals surface area contributed by atoms with Crippen LogP contribution in [-0.2, 0) is 19.1 Å². The molecule has 2 rings (SSSR count). The molecule has 2 saturated heterocycles. The van der Waals surface area contributed by atoms with E-state index in [-0.39, 0.29) is 12.5 Å². The molecule has 0 aromatic heterocycles. The van der Waals surface area contributed by atoms with Crippen LogP contribution in [-0.4, -0.2) is 67.2 Å². The Morgan fingerprint density at radius 3 is 2.45 bits per heavy atom. The molecule has 0 radical (unpaired) electrons. The average Bonchev–Trinajstić information content (AvgIpc) is 3.13. The first-order valence-corrected chi connectivity index (χ1v) is 6.92. The number of amides is 2. The van der Waals surface area contributed by atoms with E-state index in [0.29, 0.717) is 13.0 Å². The average molecular weight is 284 g/mol. The standard InChI is InChI=1S/C13H20N2O5/c1-19-13(18)15-8-4-5-10(15)12(17)20-9-11(16)14-6-2-3-7-14/h10H,2-9H2,1H3. The Labute approximate surface area is 117 Å². The van der Waals surface area contributed by atoms with Crippen LogP contribution in [0.5, 0.6) is 0 Å². The summed E-state index contributed by atoms with van der Waals surface area (Å²) in [5.74, 6) is -0.695. The number of esters is 1. The summed E-state index contributed by atoms with van der Waals surface area (Å²) in [6.07, 6.45) is 2.74. The van der Waals surface area contributed by atoms with Crippen LogP contribution in [0.3, 0.4) is 0 Å². The number of nitrogens with zero attached hydrogens (tertiary/aromatic N) is 2. The van der Waals surface area contributed by atoms with Crippen molar-refractivity contribution in [3.63, 3.8) is 0 Å². The molecule has 7 heteroatoms. The van der Waals surface area contributed by atoms with Crippen molar-refractivity contribution in [1.82, 2.24) is 9.80 Å². The minimum atomic E-state index is -0.631. The summed E-state index contributed by atoms with van der Waals surface area (Å²) in [7, 11) is 1.28. The van der Waals surface area contributed by atoms with E-state index in [9.17, 15) is 14.4 Å². The number of methoxy groups -OCH3 is 1. The van der Waals surface area contributed by atoms with Crippen molar-refractivity contribution in [2.45, 2.75) is 31.7 Å². The maximum atomic E-state index is 12.0. The van der Waals surface area contributed by atoms with Gasteiger partial charge >= 0.3 is 12.1 Å². The number of likely N-dealkylation sites (tertiary alicyclic amines) is 2. The first kappa shape index (κ1) is 14.6. The van der Waals surface area contributed by atoms with Crippen LogP contribution in [0.4, 0.5) is 4.79 Å². The molecule has 0 aromatic carbocycles. The molecule has 2 aliphatic heterocycles. The third kappa shape index (κ3) is 3.20. The maximum absolute atomic E-state index is 12.0. The fraction of sp³-hybridized carbons (Fsp3) is 0.769. The van der Waals surface area contributed by atoms with Gasteiger partial charge in [0.2, 0.25) is 0 Å². The van der Waals surface area contributed by atoms with Crippen LogP contribution in [0, 0.1) is 0 Å². The number of hydrogen-bond acceptors (Lipinski definition) is 5. The van der Waals surface area contributed by atoms with E-state index in [1.54, 1.807) is 4.90 Å². The van der Waals surface area contributed by atoms with Gasteiger partial charge in [0.1, 0.15) is 6.04 Å². The van der Waals surface area contributed by atoms with E-state index in [1.807, 2.05) is 0 Å². The van der Waals surface area contributed by atoms with Crippen molar-refractivity contribution in [1.29, 1.82) is 0 Å². The summed E-state index contributed by atoms with van der Waals surface area (Å²) in [5, 5.41) is 0. The van der Waals surface area contributed by atoms with Gasteiger partial charge in [-0.05, 0) is 25.7 Å². The van der Waals surface area contributed by atoms with Crippen molar-refractivity contribution in [2.75, 3.05) is 33.4 Å². The van der Waals surface area contributed by atoms with Gasteiger partial charge < -0.3 is 14.4 Å². The van der Waals surface area contributed by atoms with Gasteiger partial charge in [-0.3, -0.25) is 9.69 Å². The number of ether oxygens (including phenoxy) is 2. The lowest BCUT2D eigenvalue weighted by Gasteiger charge is -2.22. The number of carbonyl (C=O) groups excluding carboxylic acids is 3. The Kier molecular flexibility index (Phi) is 4.81. The Hall–Kier alpha value is -1.79. The Balaban J connectivity index is 1.81. The van der Waals surface area contributed by atoms with Gasteiger partial charge in [-0.2, -0.15) is 0 Å². The zero-order valence-corrected chi connectivity index (χ0v) is 11.7. The molecule has 1 atom stereocenters. The lowest BCUT2D eigenvalue weighted by atomic mass is 10.2. The van der Waals surface area contributed by atoms with Crippen LogP contribution >= 0.6 is 0 Å². The second-order valence-electron chi connectivity index (χ2n) is 5.02. The summed E-state index contributed by atoms with van der Waals surface area (Å²) >= 11 is 0. The summed E-state index contributed by atoms with van der Waals surface area (Å²) in [5.41, 5.74) is 0. The summed E-state index contributed by atoms with van der Waals surface area (Å²) < 4.78 is 9.67. The van der Waals surface area contributed by atoms with Crippen LogP contribution in [0.2, 0.25) is 0 Å². The first-order valence-electron chi connectivity index (χ1n) is 6.92. The molecule has 0 aromatic rings. The van der Waals surface area contributed by atoms with Gasteiger partial charge in [-0.1, -0.05) is 0 Å². The van der Waals surface area contributed by atoms with E-state index in [2.05, 4.69) is 4.74 Å². The zero-order chi connectivity index (χ0) is 14.5. The highest BCUT2D eigenvalue weighted by molar-refractivity contribution is 5.85. The van der Waals surface area contributed by atoms with Gasteiger partial charge in [-0.15, -0.1) is 0 Å². The topological polar surface area (TPSA) is 76.1 Å². The lowest BCUT2D eigenvalue weighted by molar-refractivity contribution is -0.155. The first-order chi connectivity index (χ1) is 9.63. The number of rotatable bonds is 3. The Morgan fingerprint density at radius 1 is 1.10 bits per heavy atom. The molecule has 7 nitrogen and oxygen atoms in total. The molecular formula is C13H20N2O5. The molecule has 0 spiro atoms. The van der Waals surface area contributed by atoms with Crippen LogP contribution in [0.1, 0.15) is 25.7 Å². The molecule has 2 fully saturated rings. The molecule has 2 heterocycles. The van der Waals surface area contributed by atoms with Crippen molar-refractivity contribution < 1.29 is 23.9 Å². The van der Waals surface area contributed by atoms with Crippen LogP contribution in [0.15, 0.2) is 0 Å². The summed E-state index contributed by atoms with van der Waals surface area (Å²) in [6.45, 7) is 1.69. The van der Waals surface area contributed by atoms with Crippen molar-refractivity contribution >= 4 is 18.0 Å². The predicted molar refractivity (Wildman–Crippen MR) is 68.9 cm³/mol. The van der Waals surface area contributed by atoms with Gasteiger partial charge in [0, 0.05) is 19.6 Å². The minimum Gasteiger partial charge on any atom is -0.454 e. The van der Waals surface area contributed by atoms with E-state index < -0.39 is 18.1 Å². The normalized spacial score (nSPS) is 21.9. The largest absolute Gasteiger partial charge is 0.454 e. The second-order valence-corrected chi connectivity index (χ2v) is 5.02. The lowest BCUT2D eigenvalue weighted by Crippen LogP contribution is -2.42. The molecule has 0 bridgehead atoms. The Morgan fingerprint density at radius 2 is 1.80 bits per heavy atom. The third-order valence-corrected chi connectivity index (χ3v) is 3.73. The minimum absolute atomic E-state index is 0.168. The number of hydrogen-bond donors (Lipinski definition) is 0. The van der Waals surface area contributed by atoms with Crippen LogP contribution in [0.25, 0.3) is 0 Å². The molecule has 0 saturated carbocycles. The van der Waals surface area contributed by atoms with E-state index in [4.69, 9.17) is 4.74 Å². The fourth-order valence-corrected chi connectivity index (χ4v) is 2.63. The molecule has 2 aliphatic rings. The highest BCUT2D eigenvalue weighted by Crippen LogP contribution is 2.19. The molecule has 20 heavy (non-hydrogen) atoms. The molecule has 112 valence electrons. The zero-order valence-electron chi connectivity index (χ0n) is 11.7. The third-order valence-electron chi connectivity index (χ3n) is 3.73. The Bertz CT molecular complexity index is 392. The maximum Gasteiger partial charge on any atom is 0.410 e. The van der Waals surface area contributed by atoms with E-state index in [1.165, 1.54) is 12.0 Å². The molecule has 0 aliphatic carbocycles.